The van der Waals surface area contributed by atoms with E-state index in [-0.39, 0.29) is 34.8 Å². The second-order valence-corrected chi connectivity index (χ2v) is 6.86. The molecule has 0 unspecified atom stereocenters. The predicted octanol–water partition coefficient (Wildman–Crippen LogP) is 4.81. The van der Waals surface area contributed by atoms with Gasteiger partial charge in [0.2, 0.25) is 11.2 Å². The molecule has 3 rings (SSSR count). The van der Waals surface area contributed by atoms with Crippen LogP contribution in [0.15, 0.2) is 21.3 Å². The Labute approximate surface area is 157 Å². The quantitative estimate of drug-likeness (QED) is 0.693. The zero-order chi connectivity index (χ0) is 20.0. The summed E-state index contributed by atoms with van der Waals surface area (Å²) in [7, 11) is 0. The number of phenols is 2. The van der Waals surface area contributed by atoms with Gasteiger partial charge in [0, 0.05) is 17.7 Å². The van der Waals surface area contributed by atoms with Crippen LogP contribution in [0, 0.1) is 34.6 Å². The lowest BCUT2D eigenvalue weighted by atomic mass is 9.88. The van der Waals surface area contributed by atoms with E-state index in [1.807, 2.05) is 27.7 Å². The summed E-state index contributed by atoms with van der Waals surface area (Å²) in [6, 6.07) is 2.44. The molecule has 27 heavy (non-hydrogen) atoms. The highest BCUT2D eigenvalue weighted by Crippen LogP contribution is 2.40. The van der Waals surface area contributed by atoms with Gasteiger partial charge in [0.25, 0.3) is 0 Å². The van der Waals surface area contributed by atoms with Crippen LogP contribution >= 0.6 is 0 Å². The molecule has 0 aliphatic carbocycles. The number of hydrogen-bond acceptors (Lipinski definition) is 5. The average Bonchev–Trinajstić information content (AvgIpc) is 2.60. The Morgan fingerprint density at radius 2 is 1.48 bits per heavy atom. The molecule has 3 aromatic rings. The predicted molar refractivity (Wildman–Crippen MR) is 106 cm³/mol. The highest BCUT2D eigenvalue weighted by atomic mass is 16.5. The molecular formula is C22H24O5. The molecule has 0 fully saturated rings. The van der Waals surface area contributed by atoms with Crippen molar-refractivity contribution in [3.63, 3.8) is 0 Å². The number of ether oxygens (including phenoxy) is 1. The largest absolute Gasteiger partial charge is 0.508 e. The van der Waals surface area contributed by atoms with Gasteiger partial charge in [0.15, 0.2) is 5.76 Å². The number of hydrogen-bond donors (Lipinski definition) is 2. The van der Waals surface area contributed by atoms with Crippen molar-refractivity contribution in [2.75, 3.05) is 6.61 Å². The Balaban J connectivity index is 2.53. The third-order valence-corrected chi connectivity index (χ3v) is 5.43. The molecule has 0 amide bonds. The summed E-state index contributed by atoms with van der Waals surface area (Å²) in [6.45, 7) is 12.2. The van der Waals surface area contributed by atoms with Crippen LogP contribution in [-0.2, 0) is 0 Å². The standard InChI is InChI=1S/C22H24O5/c1-7-26-22-20(25)19-16(24)8-15(23)9-17(19)27-21(22)18-13(5)11(3)10(2)12(4)14(18)6/h8-9,23-24H,7H2,1-6H3. The minimum Gasteiger partial charge on any atom is -0.508 e. The maximum absolute atomic E-state index is 13.1. The summed E-state index contributed by atoms with van der Waals surface area (Å²) in [4.78, 5) is 13.1. The topological polar surface area (TPSA) is 79.9 Å². The lowest BCUT2D eigenvalue weighted by molar-refractivity contribution is 0.329. The second-order valence-electron chi connectivity index (χ2n) is 6.86. The molecule has 0 bridgehead atoms. The van der Waals surface area contributed by atoms with E-state index in [0.29, 0.717) is 5.76 Å². The van der Waals surface area contributed by atoms with Gasteiger partial charge in [-0.2, -0.15) is 0 Å². The fraction of sp³-hybridized carbons (Fsp3) is 0.318. The molecule has 0 aliphatic heterocycles. The van der Waals surface area contributed by atoms with Gasteiger partial charge in [-0.05, 0) is 69.4 Å². The average molecular weight is 368 g/mol. The minimum absolute atomic E-state index is 0.00383. The van der Waals surface area contributed by atoms with Gasteiger partial charge in [-0.25, -0.2) is 0 Å². The number of fused-ring (bicyclic) bond motifs is 1. The maximum Gasteiger partial charge on any atom is 0.239 e. The molecule has 2 aromatic carbocycles. The lowest BCUT2D eigenvalue weighted by Gasteiger charge is -2.20. The Hall–Kier alpha value is -2.95. The molecule has 142 valence electrons. The van der Waals surface area contributed by atoms with E-state index in [9.17, 15) is 15.0 Å². The van der Waals surface area contributed by atoms with Crippen molar-refractivity contribution in [1.82, 2.24) is 0 Å². The van der Waals surface area contributed by atoms with Crippen molar-refractivity contribution >= 4 is 11.0 Å². The second kappa shape index (κ2) is 6.65. The van der Waals surface area contributed by atoms with Gasteiger partial charge in [-0.3, -0.25) is 4.79 Å². The normalized spacial score (nSPS) is 11.2. The van der Waals surface area contributed by atoms with Crippen LogP contribution in [0.25, 0.3) is 22.3 Å². The lowest BCUT2D eigenvalue weighted by Crippen LogP contribution is -2.11. The number of benzene rings is 2. The van der Waals surface area contributed by atoms with Crippen LogP contribution in [0.4, 0.5) is 0 Å². The van der Waals surface area contributed by atoms with Crippen molar-refractivity contribution < 1.29 is 19.4 Å². The maximum atomic E-state index is 13.1. The van der Waals surface area contributed by atoms with Crippen molar-refractivity contribution in [2.24, 2.45) is 0 Å². The van der Waals surface area contributed by atoms with E-state index in [1.54, 1.807) is 6.92 Å². The van der Waals surface area contributed by atoms with E-state index in [1.165, 1.54) is 11.6 Å². The van der Waals surface area contributed by atoms with Crippen LogP contribution in [0.2, 0.25) is 0 Å². The third kappa shape index (κ3) is 2.83. The summed E-state index contributed by atoms with van der Waals surface area (Å²) in [5.74, 6) is -0.126. The van der Waals surface area contributed by atoms with Gasteiger partial charge >= 0.3 is 0 Å². The fourth-order valence-corrected chi connectivity index (χ4v) is 3.55. The zero-order valence-electron chi connectivity index (χ0n) is 16.5. The van der Waals surface area contributed by atoms with Gasteiger partial charge in [-0.15, -0.1) is 0 Å². The first-order chi connectivity index (χ1) is 12.7. The Morgan fingerprint density at radius 3 is 2.04 bits per heavy atom. The number of phenolic OH excluding ortho intramolecular Hbond substituents is 2. The third-order valence-electron chi connectivity index (χ3n) is 5.43. The molecule has 5 heteroatoms. The highest BCUT2D eigenvalue weighted by molar-refractivity contribution is 5.89. The van der Waals surface area contributed by atoms with Gasteiger partial charge in [-0.1, -0.05) is 0 Å². The molecule has 1 heterocycles. The first kappa shape index (κ1) is 18.8. The molecule has 5 nitrogen and oxygen atoms in total. The Bertz CT molecular complexity index is 1090. The molecule has 0 spiro atoms. The first-order valence-electron chi connectivity index (χ1n) is 8.91. The van der Waals surface area contributed by atoms with Crippen LogP contribution in [0.5, 0.6) is 17.2 Å². The molecular weight excluding hydrogens is 344 g/mol. The van der Waals surface area contributed by atoms with Crippen molar-refractivity contribution in [3.05, 3.63) is 50.2 Å². The SMILES string of the molecule is CCOc1c(-c2c(C)c(C)c(C)c(C)c2C)oc2cc(O)cc(O)c2c1=O. The molecule has 2 N–H and O–H groups in total. The molecule has 0 aliphatic rings. The monoisotopic (exact) mass is 368 g/mol. The van der Waals surface area contributed by atoms with Gasteiger partial charge < -0.3 is 19.4 Å². The van der Waals surface area contributed by atoms with E-state index in [2.05, 4.69) is 6.92 Å². The highest BCUT2D eigenvalue weighted by Gasteiger charge is 2.24. The van der Waals surface area contributed by atoms with E-state index >= 15 is 0 Å². The summed E-state index contributed by atoms with van der Waals surface area (Å²) in [6.07, 6.45) is 0. The van der Waals surface area contributed by atoms with Gasteiger partial charge in [0.1, 0.15) is 22.5 Å². The van der Waals surface area contributed by atoms with E-state index in [0.717, 1.165) is 33.9 Å². The van der Waals surface area contributed by atoms with Crippen LogP contribution < -0.4 is 10.2 Å². The van der Waals surface area contributed by atoms with Crippen molar-refractivity contribution in [3.8, 4) is 28.6 Å². The number of aromatic hydroxyl groups is 2. The molecule has 0 saturated heterocycles. The Morgan fingerprint density at radius 1 is 0.926 bits per heavy atom. The molecule has 0 radical (unpaired) electrons. The van der Waals surface area contributed by atoms with Crippen molar-refractivity contribution in [2.45, 2.75) is 41.5 Å². The molecule has 0 saturated carbocycles. The summed E-state index contributed by atoms with van der Waals surface area (Å²) < 4.78 is 11.7. The summed E-state index contributed by atoms with van der Waals surface area (Å²) >= 11 is 0. The fourth-order valence-electron chi connectivity index (χ4n) is 3.55. The zero-order valence-corrected chi connectivity index (χ0v) is 16.5. The van der Waals surface area contributed by atoms with Crippen LogP contribution in [0.1, 0.15) is 34.7 Å². The minimum atomic E-state index is -0.458. The Kier molecular flexibility index (Phi) is 4.64. The number of rotatable bonds is 3. The van der Waals surface area contributed by atoms with Crippen LogP contribution in [-0.4, -0.2) is 16.8 Å². The molecule has 1 aromatic heterocycles. The van der Waals surface area contributed by atoms with E-state index < -0.39 is 5.43 Å². The van der Waals surface area contributed by atoms with E-state index in [4.69, 9.17) is 9.15 Å². The van der Waals surface area contributed by atoms with Crippen LogP contribution in [0.3, 0.4) is 0 Å². The first-order valence-corrected chi connectivity index (χ1v) is 8.91. The summed E-state index contributed by atoms with van der Waals surface area (Å²) in [5.41, 5.74) is 5.91. The molecule has 0 atom stereocenters. The van der Waals surface area contributed by atoms with Gasteiger partial charge in [0.05, 0.1) is 6.61 Å². The summed E-state index contributed by atoms with van der Waals surface area (Å²) in [5, 5.41) is 20.0. The van der Waals surface area contributed by atoms with Crippen molar-refractivity contribution in [1.29, 1.82) is 0 Å². The smallest absolute Gasteiger partial charge is 0.239 e.